The van der Waals surface area contributed by atoms with Crippen LogP contribution in [-0.4, -0.2) is 42.1 Å². The van der Waals surface area contributed by atoms with Crippen molar-refractivity contribution in [2.45, 2.75) is 19.9 Å². The van der Waals surface area contributed by atoms with Gasteiger partial charge in [0.05, 0.1) is 30.3 Å². The summed E-state index contributed by atoms with van der Waals surface area (Å²) in [5.41, 5.74) is 15.6. The molecular formula is C22H30N8O. The standard InChI is InChI=1S/C22H30N8O/c1-13(2)14(8-23)7-20(24)30-21-5-4-18-19(29-21)6-15(9-27-18)17(10-26-3)22(25)28-16-11-31-12-16/h4-10,13,16,26H,11-12,23-24H2,1-3H3,(H2,25,28)(H,29,30)/b14-8+,17-10-,20-7+. The molecule has 0 saturated carbocycles. The highest BCUT2D eigenvalue weighted by molar-refractivity contribution is 6.21. The molecule has 0 radical (unpaired) electrons. The molecule has 1 aliphatic rings. The summed E-state index contributed by atoms with van der Waals surface area (Å²) in [5.74, 6) is 1.61. The lowest BCUT2D eigenvalue weighted by Gasteiger charge is -2.28. The lowest BCUT2D eigenvalue weighted by Crippen LogP contribution is -2.48. The second-order valence-corrected chi connectivity index (χ2v) is 7.61. The molecule has 0 spiro atoms. The highest BCUT2D eigenvalue weighted by atomic mass is 16.5. The van der Waals surface area contributed by atoms with Gasteiger partial charge in [-0.05, 0) is 42.0 Å². The van der Waals surface area contributed by atoms with Gasteiger partial charge < -0.3 is 32.2 Å². The SMILES string of the molecule is CN/C=C(\C(=N)NC1COC1)c1cnc2ccc(N/C(N)=C/C(=C\N)C(C)C)nc2c1. The van der Waals surface area contributed by atoms with E-state index in [4.69, 9.17) is 21.6 Å². The molecule has 0 aliphatic carbocycles. The van der Waals surface area contributed by atoms with Crippen molar-refractivity contribution in [3.8, 4) is 0 Å². The highest BCUT2D eigenvalue weighted by Gasteiger charge is 2.21. The number of nitrogens with two attached hydrogens (primary N) is 2. The number of nitrogens with one attached hydrogen (secondary N) is 4. The number of ether oxygens (including phenoxy) is 1. The van der Waals surface area contributed by atoms with E-state index in [1.807, 2.05) is 32.0 Å². The van der Waals surface area contributed by atoms with E-state index in [1.54, 1.807) is 31.7 Å². The van der Waals surface area contributed by atoms with Crippen molar-refractivity contribution >= 4 is 28.3 Å². The minimum absolute atomic E-state index is 0.156. The second kappa shape index (κ2) is 9.94. The zero-order valence-corrected chi connectivity index (χ0v) is 18.1. The molecule has 0 amide bonds. The van der Waals surface area contributed by atoms with Gasteiger partial charge in [-0.25, -0.2) is 4.98 Å². The number of amidine groups is 1. The fourth-order valence-corrected chi connectivity index (χ4v) is 3.04. The molecule has 3 rings (SSSR count). The first-order chi connectivity index (χ1) is 14.9. The molecule has 164 valence electrons. The largest absolute Gasteiger partial charge is 0.404 e. The summed E-state index contributed by atoms with van der Waals surface area (Å²) in [7, 11) is 1.80. The second-order valence-electron chi connectivity index (χ2n) is 7.61. The Morgan fingerprint density at radius 1 is 1.29 bits per heavy atom. The average molecular weight is 423 g/mol. The number of nitrogens with zero attached hydrogens (tertiary/aromatic N) is 2. The minimum Gasteiger partial charge on any atom is -0.404 e. The van der Waals surface area contributed by atoms with Crippen molar-refractivity contribution in [1.82, 2.24) is 20.6 Å². The molecule has 0 aromatic carbocycles. The predicted molar refractivity (Wildman–Crippen MR) is 125 cm³/mol. The Morgan fingerprint density at radius 2 is 2.06 bits per heavy atom. The Balaban J connectivity index is 1.86. The van der Waals surface area contributed by atoms with Gasteiger partial charge in [0.15, 0.2) is 0 Å². The molecule has 9 heteroatoms. The fourth-order valence-electron chi connectivity index (χ4n) is 3.04. The molecule has 0 bridgehead atoms. The predicted octanol–water partition coefficient (Wildman–Crippen LogP) is 1.87. The average Bonchev–Trinajstić information content (AvgIpc) is 2.72. The summed E-state index contributed by atoms with van der Waals surface area (Å²) in [5, 5.41) is 17.7. The molecule has 3 heterocycles. The molecule has 2 aromatic heterocycles. The van der Waals surface area contributed by atoms with Crippen LogP contribution in [0.15, 0.2) is 54.3 Å². The number of aromatic nitrogens is 2. The molecule has 0 unspecified atom stereocenters. The van der Waals surface area contributed by atoms with E-state index in [-0.39, 0.29) is 12.0 Å². The summed E-state index contributed by atoms with van der Waals surface area (Å²) in [6.45, 7) is 5.30. The summed E-state index contributed by atoms with van der Waals surface area (Å²) in [4.78, 5) is 9.15. The van der Waals surface area contributed by atoms with Gasteiger partial charge in [0.2, 0.25) is 0 Å². The van der Waals surface area contributed by atoms with E-state index in [2.05, 4.69) is 25.9 Å². The van der Waals surface area contributed by atoms with Gasteiger partial charge in [-0.3, -0.25) is 10.4 Å². The van der Waals surface area contributed by atoms with Crippen LogP contribution in [0.4, 0.5) is 5.82 Å². The van der Waals surface area contributed by atoms with Crippen molar-refractivity contribution in [3.63, 3.8) is 0 Å². The van der Waals surface area contributed by atoms with E-state index in [0.29, 0.717) is 41.8 Å². The first kappa shape index (κ1) is 22.1. The summed E-state index contributed by atoms with van der Waals surface area (Å²) in [6.07, 6.45) is 6.86. The fraction of sp³-hybridized carbons (Fsp3) is 0.318. The van der Waals surface area contributed by atoms with Crippen molar-refractivity contribution in [1.29, 1.82) is 5.41 Å². The smallest absolute Gasteiger partial charge is 0.132 e. The Morgan fingerprint density at radius 3 is 2.68 bits per heavy atom. The topological polar surface area (TPSA) is 147 Å². The maximum Gasteiger partial charge on any atom is 0.132 e. The molecule has 2 aromatic rings. The number of allylic oxidation sites excluding steroid dienone is 2. The molecule has 0 atom stereocenters. The summed E-state index contributed by atoms with van der Waals surface area (Å²) < 4.78 is 5.18. The third-order valence-electron chi connectivity index (χ3n) is 4.85. The molecule has 1 fully saturated rings. The number of hydrogen-bond acceptors (Lipinski definition) is 8. The van der Waals surface area contributed by atoms with Crippen LogP contribution >= 0.6 is 0 Å². The van der Waals surface area contributed by atoms with Gasteiger partial charge in [0, 0.05) is 30.6 Å². The van der Waals surface area contributed by atoms with E-state index in [0.717, 1.165) is 16.7 Å². The van der Waals surface area contributed by atoms with Crippen molar-refractivity contribution in [2.24, 2.45) is 17.4 Å². The summed E-state index contributed by atoms with van der Waals surface area (Å²) >= 11 is 0. The Labute approximate surface area is 182 Å². The lowest BCUT2D eigenvalue weighted by atomic mass is 10.0. The van der Waals surface area contributed by atoms with Crippen LogP contribution in [0, 0.1) is 11.3 Å². The van der Waals surface area contributed by atoms with E-state index < -0.39 is 0 Å². The monoisotopic (exact) mass is 422 g/mol. The number of rotatable bonds is 8. The quantitative estimate of drug-likeness (QED) is 0.215. The van der Waals surface area contributed by atoms with E-state index >= 15 is 0 Å². The number of pyridine rings is 2. The van der Waals surface area contributed by atoms with Crippen LogP contribution in [0.1, 0.15) is 19.4 Å². The Hall–Kier alpha value is -3.59. The molecule has 31 heavy (non-hydrogen) atoms. The number of anilines is 1. The van der Waals surface area contributed by atoms with Crippen molar-refractivity contribution in [3.05, 3.63) is 59.8 Å². The van der Waals surface area contributed by atoms with Gasteiger partial charge in [0.1, 0.15) is 17.5 Å². The first-order valence-corrected chi connectivity index (χ1v) is 10.1. The zero-order valence-electron chi connectivity index (χ0n) is 18.1. The molecule has 1 saturated heterocycles. The van der Waals surface area contributed by atoms with Crippen molar-refractivity contribution < 1.29 is 4.74 Å². The van der Waals surface area contributed by atoms with E-state index in [9.17, 15) is 0 Å². The molecule has 1 aliphatic heterocycles. The van der Waals surface area contributed by atoms with Gasteiger partial charge >= 0.3 is 0 Å². The van der Waals surface area contributed by atoms with E-state index in [1.165, 1.54) is 0 Å². The van der Waals surface area contributed by atoms with Crippen LogP contribution in [0.3, 0.4) is 0 Å². The van der Waals surface area contributed by atoms with Crippen LogP contribution in [0.25, 0.3) is 16.6 Å². The molecule has 8 N–H and O–H groups in total. The lowest BCUT2D eigenvalue weighted by molar-refractivity contribution is 0.00332. The number of fused-ring (bicyclic) bond motifs is 1. The zero-order chi connectivity index (χ0) is 22.4. The third kappa shape index (κ3) is 5.52. The Bertz CT molecular complexity index is 1040. The van der Waals surface area contributed by atoms with Gasteiger partial charge in [0.25, 0.3) is 0 Å². The van der Waals surface area contributed by atoms with Crippen molar-refractivity contribution in [2.75, 3.05) is 25.6 Å². The van der Waals surface area contributed by atoms with Crippen LogP contribution < -0.4 is 27.4 Å². The van der Waals surface area contributed by atoms with Crippen LogP contribution in [0.2, 0.25) is 0 Å². The third-order valence-corrected chi connectivity index (χ3v) is 4.85. The maximum absolute atomic E-state index is 8.44. The first-order valence-electron chi connectivity index (χ1n) is 10.1. The Kier molecular flexibility index (Phi) is 7.09. The molecular weight excluding hydrogens is 392 g/mol. The maximum atomic E-state index is 8.44. The number of hydrogen-bond donors (Lipinski definition) is 6. The van der Waals surface area contributed by atoms with Gasteiger partial charge in [-0.2, -0.15) is 0 Å². The minimum atomic E-state index is 0.156. The van der Waals surface area contributed by atoms with Crippen LogP contribution in [-0.2, 0) is 4.74 Å². The highest BCUT2D eigenvalue weighted by Crippen LogP contribution is 2.21. The normalized spacial score (nSPS) is 15.7. The van der Waals surface area contributed by atoms with Crippen LogP contribution in [0.5, 0.6) is 0 Å². The van der Waals surface area contributed by atoms with Gasteiger partial charge in [-0.1, -0.05) is 13.8 Å². The van der Waals surface area contributed by atoms with Gasteiger partial charge in [-0.15, -0.1) is 0 Å². The molecule has 9 nitrogen and oxygen atoms in total. The summed E-state index contributed by atoms with van der Waals surface area (Å²) in [6, 6.07) is 5.76.